The van der Waals surface area contributed by atoms with Crippen LogP contribution in [0, 0.1) is 0 Å². The first-order valence-electron chi connectivity index (χ1n) is 4.92. The molecule has 0 fully saturated rings. The molecule has 0 saturated carbocycles. The molecule has 6 nitrogen and oxygen atoms in total. The van der Waals surface area contributed by atoms with Crippen LogP contribution in [0.4, 0.5) is 0 Å². The van der Waals surface area contributed by atoms with Gasteiger partial charge in [-0.1, -0.05) is 0 Å². The van der Waals surface area contributed by atoms with Gasteiger partial charge in [-0.15, -0.1) is 5.10 Å². The van der Waals surface area contributed by atoms with Gasteiger partial charge in [0.2, 0.25) is 5.90 Å². The van der Waals surface area contributed by atoms with Gasteiger partial charge in [0.25, 0.3) is 5.91 Å². The fourth-order valence-electron chi connectivity index (χ4n) is 1.26. The summed E-state index contributed by atoms with van der Waals surface area (Å²) in [5.41, 5.74) is 3.40. The highest BCUT2D eigenvalue weighted by atomic mass is 16.5. The first kappa shape index (κ1) is 10.4. The fraction of sp³-hybridized carbons (Fsp3) is 0.300. The van der Waals surface area contributed by atoms with Crippen LogP contribution in [0.1, 0.15) is 19.5 Å². The van der Waals surface area contributed by atoms with Gasteiger partial charge in [-0.3, -0.25) is 4.79 Å². The molecule has 16 heavy (non-hydrogen) atoms. The summed E-state index contributed by atoms with van der Waals surface area (Å²) in [6.07, 6.45) is 4.82. The van der Waals surface area contributed by atoms with Gasteiger partial charge in [-0.25, -0.2) is 10.4 Å². The number of nitrogens with one attached hydrogen (secondary N) is 2. The molecule has 2 N–H and O–H groups in total. The van der Waals surface area contributed by atoms with Crippen LogP contribution in [0.5, 0.6) is 0 Å². The van der Waals surface area contributed by atoms with E-state index in [0.717, 1.165) is 0 Å². The standard InChI is InChI=1S/C10H12N4O2/c1-6(2)16-10-8(9(15)13-14-10)3-7-4-11-5-12-7/h3-6H,1-2H3,(H,11,12)(H,13,15)/b8-3-. The molecule has 0 radical (unpaired) electrons. The molecule has 0 spiro atoms. The van der Waals surface area contributed by atoms with Crippen LogP contribution < -0.4 is 5.43 Å². The number of carbonyl (C=O) groups is 1. The summed E-state index contributed by atoms with van der Waals surface area (Å²) in [7, 11) is 0. The second-order valence-corrected chi connectivity index (χ2v) is 3.58. The van der Waals surface area contributed by atoms with E-state index in [2.05, 4.69) is 20.5 Å². The predicted octanol–water partition coefficient (Wildman–Crippen LogP) is 0.661. The molecule has 0 bridgehead atoms. The maximum atomic E-state index is 11.5. The zero-order valence-corrected chi connectivity index (χ0v) is 9.02. The lowest BCUT2D eigenvalue weighted by atomic mass is 10.2. The van der Waals surface area contributed by atoms with Crippen LogP contribution in [-0.4, -0.2) is 27.9 Å². The number of H-pyrrole nitrogens is 1. The van der Waals surface area contributed by atoms with E-state index < -0.39 is 0 Å². The Morgan fingerprint density at radius 2 is 2.31 bits per heavy atom. The van der Waals surface area contributed by atoms with E-state index in [-0.39, 0.29) is 12.0 Å². The summed E-state index contributed by atoms with van der Waals surface area (Å²) >= 11 is 0. The van der Waals surface area contributed by atoms with Gasteiger partial charge in [0.05, 0.1) is 18.1 Å². The molecule has 0 saturated heterocycles. The molecule has 0 atom stereocenters. The summed E-state index contributed by atoms with van der Waals surface area (Å²) in [6, 6.07) is 0. The number of aromatic amines is 1. The van der Waals surface area contributed by atoms with Crippen LogP contribution in [0.3, 0.4) is 0 Å². The van der Waals surface area contributed by atoms with E-state index in [0.29, 0.717) is 17.2 Å². The molecule has 0 aliphatic carbocycles. The quantitative estimate of drug-likeness (QED) is 0.718. The van der Waals surface area contributed by atoms with Crippen LogP contribution in [0.2, 0.25) is 0 Å². The summed E-state index contributed by atoms with van der Waals surface area (Å²) < 4.78 is 5.40. The Bertz CT molecular complexity index is 445. The number of hydrogen-bond donors (Lipinski definition) is 2. The Labute approximate surface area is 92.4 Å². The van der Waals surface area contributed by atoms with Gasteiger partial charge in [0.15, 0.2) is 0 Å². The molecular weight excluding hydrogens is 208 g/mol. The van der Waals surface area contributed by atoms with Gasteiger partial charge in [-0.05, 0) is 19.9 Å². The summed E-state index contributed by atoms with van der Waals surface area (Å²) in [5, 5.41) is 3.81. The maximum Gasteiger partial charge on any atom is 0.277 e. The third-order valence-corrected chi connectivity index (χ3v) is 1.89. The molecule has 2 heterocycles. The normalized spacial score (nSPS) is 17.8. The minimum Gasteiger partial charge on any atom is -0.473 e. The molecule has 1 aromatic heterocycles. The molecule has 1 aliphatic heterocycles. The van der Waals surface area contributed by atoms with Crippen molar-refractivity contribution < 1.29 is 9.53 Å². The van der Waals surface area contributed by atoms with E-state index in [4.69, 9.17) is 4.74 Å². The second kappa shape index (κ2) is 4.18. The van der Waals surface area contributed by atoms with Gasteiger partial charge in [-0.2, -0.15) is 0 Å². The lowest BCUT2D eigenvalue weighted by Gasteiger charge is -2.07. The Hall–Kier alpha value is -2.11. The smallest absolute Gasteiger partial charge is 0.277 e. The van der Waals surface area contributed by atoms with Crippen molar-refractivity contribution in [2.24, 2.45) is 5.10 Å². The van der Waals surface area contributed by atoms with Gasteiger partial charge in [0, 0.05) is 6.20 Å². The topological polar surface area (TPSA) is 79.4 Å². The van der Waals surface area contributed by atoms with Crippen molar-refractivity contribution in [2.45, 2.75) is 20.0 Å². The molecular formula is C10H12N4O2. The van der Waals surface area contributed by atoms with E-state index in [1.807, 2.05) is 13.8 Å². The number of aromatic nitrogens is 2. The number of imidazole rings is 1. The Kier molecular flexibility index (Phi) is 2.72. The monoisotopic (exact) mass is 220 g/mol. The van der Waals surface area contributed by atoms with E-state index >= 15 is 0 Å². The van der Waals surface area contributed by atoms with Crippen molar-refractivity contribution in [3.05, 3.63) is 23.8 Å². The second-order valence-electron chi connectivity index (χ2n) is 3.58. The largest absolute Gasteiger partial charge is 0.473 e. The van der Waals surface area contributed by atoms with Crippen molar-refractivity contribution in [2.75, 3.05) is 0 Å². The molecule has 0 aromatic carbocycles. The van der Waals surface area contributed by atoms with Gasteiger partial charge >= 0.3 is 0 Å². The van der Waals surface area contributed by atoms with Crippen molar-refractivity contribution >= 4 is 17.9 Å². The Morgan fingerprint density at radius 1 is 1.50 bits per heavy atom. The molecule has 0 unspecified atom stereocenters. The highest BCUT2D eigenvalue weighted by Gasteiger charge is 2.25. The zero-order valence-electron chi connectivity index (χ0n) is 9.02. The average Bonchev–Trinajstić information content (AvgIpc) is 2.82. The number of amides is 1. The van der Waals surface area contributed by atoms with Crippen molar-refractivity contribution in [1.82, 2.24) is 15.4 Å². The minimum atomic E-state index is -0.279. The minimum absolute atomic E-state index is 0.0333. The van der Waals surface area contributed by atoms with Crippen molar-refractivity contribution in [3.8, 4) is 0 Å². The summed E-state index contributed by atoms with van der Waals surface area (Å²) in [4.78, 5) is 18.3. The van der Waals surface area contributed by atoms with Crippen LogP contribution in [0.15, 0.2) is 23.2 Å². The highest BCUT2D eigenvalue weighted by molar-refractivity contribution is 6.24. The number of carbonyl (C=O) groups excluding carboxylic acids is 1. The molecule has 6 heteroatoms. The average molecular weight is 220 g/mol. The van der Waals surface area contributed by atoms with Gasteiger partial charge < -0.3 is 9.72 Å². The Balaban J connectivity index is 2.24. The van der Waals surface area contributed by atoms with Gasteiger partial charge in [0.1, 0.15) is 5.57 Å². The number of ether oxygens (including phenoxy) is 1. The van der Waals surface area contributed by atoms with Crippen molar-refractivity contribution in [3.63, 3.8) is 0 Å². The van der Waals surface area contributed by atoms with Crippen LogP contribution >= 0.6 is 0 Å². The van der Waals surface area contributed by atoms with E-state index in [9.17, 15) is 4.79 Å². The lowest BCUT2D eigenvalue weighted by Crippen LogP contribution is -2.16. The SMILES string of the molecule is CC(C)OC1=NNC(=O)/C1=C/c1c[nH]cn1. The summed E-state index contributed by atoms with van der Waals surface area (Å²) in [5.74, 6) is 0.0293. The number of hydrogen-bond acceptors (Lipinski definition) is 4. The Morgan fingerprint density at radius 3 is 2.94 bits per heavy atom. The van der Waals surface area contributed by atoms with Crippen LogP contribution in [0.25, 0.3) is 6.08 Å². The number of rotatable bonds is 2. The van der Waals surface area contributed by atoms with Crippen LogP contribution in [-0.2, 0) is 9.53 Å². The molecule has 2 rings (SSSR count). The number of nitrogens with zero attached hydrogens (tertiary/aromatic N) is 2. The number of hydrazone groups is 1. The maximum absolute atomic E-state index is 11.5. The molecule has 1 amide bonds. The fourth-order valence-corrected chi connectivity index (χ4v) is 1.26. The third-order valence-electron chi connectivity index (χ3n) is 1.89. The highest BCUT2D eigenvalue weighted by Crippen LogP contribution is 2.12. The third kappa shape index (κ3) is 2.10. The summed E-state index contributed by atoms with van der Waals surface area (Å²) in [6.45, 7) is 3.75. The molecule has 1 aliphatic rings. The first-order chi connectivity index (χ1) is 7.66. The van der Waals surface area contributed by atoms with Crippen molar-refractivity contribution in [1.29, 1.82) is 0 Å². The molecule has 1 aromatic rings. The van der Waals surface area contributed by atoms with E-state index in [1.165, 1.54) is 0 Å². The molecule has 84 valence electrons. The zero-order chi connectivity index (χ0) is 11.5. The first-order valence-corrected chi connectivity index (χ1v) is 4.92. The predicted molar refractivity (Wildman–Crippen MR) is 58.4 cm³/mol. The van der Waals surface area contributed by atoms with E-state index in [1.54, 1.807) is 18.6 Å². The lowest BCUT2D eigenvalue weighted by molar-refractivity contribution is -0.116.